The number of esters is 1. The Hall–Kier alpha value is -3.50. The number of rotatable bonds is 6. The SMILES string of the molecule is CC(=O)Oc1cc(O)c2c3c1O[C@H]1[C@@H](N(CC(C)C)C(=O)C#Cc4ccc(C)c(C)c4)CC[C@H]4[C@@H](C2)N(CC2CC2)CC[C@@]341. The van der Waals surface area contributed by atoms with Crippen molar-refractivity contribution in [2.45, 2.75) is 96.7 Å². The molecule has 2 aliphatic heterocycles. The summed E-state index contributed by atoms with van der Waals surface area (Å²) in [6.07, 6.45) is 5.77. The van der Waals surface area contributed by atoms with Gasteiger partial charge in [0, 0.05) is 60.1 Å². The topological polar surface area (TPSA) is 79.3 Å². The van der Waals surface area contributed by atoms with Gasteiger partial charge in [-0.05, 0) is 99.9 Å². The van der Waals surface area contributed by atoms with Crippen molar-refractivity contribution in [2.75, 3.05) is 19.6 Å². The Kier molecular flexibility index (Phi) is 7.20. The third-order valence-electron chi connectivity index (χ3n) is 11.0. The molecule has 3 fully saturated rings. The van der Waals surface area contributed by atoms with Gasteiger partial charge in [-0.25, -0.2) is 0 Å². The first-order chi connectivity index (χ1) is 21.1. The number of phenolic OH excluding ortho intramolecular Hbond substituents is 1. The van der Waals surface area contributed by atoms with Crippen LogP contribution in [0.5, 0.6) is 17.2 Å². The van der Waals surface area contributed by atoms with Gasteiger partial charge in [0.05, 0.1) is 6.04 Å². The summed E-state index contributed by atoms with van der Waals surface area (Å²) in [4.78, 5) is 30.8. The van der Waals surface area contributed by atoms with Crippen molar-refractivity contribution in [2.24, 2.45) is 17.8 Å². The van der Waals surface area contributed by atoms with E-state index in [4.69, 9.17) is 9.47 Å². The van der Waals surface area contributed by atoms with Crippen LogP contribution < -0.4 is 9.47 Å². The van der Waals surface area contributed by atoms with Crippen LogP contribution in [-0.4, -0.2) is 64.6 Å². The van der Waals surface area contributed by atoms with Crippen molar-refractivity contribution in [1.29, 1.82) is 0 Å². The summed E-state index contributed by atoms with van der Waals surface area (Å²) in [6.45, 7) is 12.4. The zero-order valence-electron chi connectivity index (χ0n) is 26.6. The third-order valence-corrected chi connectivity index (χ3v) is 11.0. The van der Waals surface area contributed by atoms with Crippen molar-refractivity contribution in [3.05, 3.63) is 52.1 Å². The van der Waals surface area contributed by atoms with Crippen molar-refractivity contribution in [3.63, 3.8) is 0 Å². The maximum atomic E-state index is 14.0. The minimum absolute atomic E-state index is 0.178. The summed E-state index contributed by atoms with van der Waals surface area (Å²) in [6, 6.07) is 7.74. The molecule has 3 aliphatic carbocycles. The number of aromatic hydroxyl groups is 1. The van der Waals surface area contributed by atoms with Crippen LogP contribution >= 0.6 is 0 Å². The molecule has 1 spiro atoms. The maximum absolute atomic E-state index is 14.0. The summed E-state index contributed by atoms with van der Waals surface area (Å²) < 4.78 is 12.6. The molecule has 2 bridgehead atoms. The molecule has 2 aromatic rings. The summed E-state index contributed by atoms with van der Waals surface area (Å²) in [7, 11) is 0. The number of nitrogens with zero attached hydrogens (tertiary/aromatic N) is 2. The minimum atomic E-state index is -0.448. The Morgan fingerprint density at radius 2 is 1.95 bits per heavy atom. The molecule has 7 rings (SSSR count). The van der Waals surface area contributed by atoms with E-state index in [0.717, 1.165) is 66.9 Å². The first-order valence-electron chi connectivity index (χ1n) is 16.4. The van der Waals surface area contributed by atoms with Crippen LogP contribution in [0.3, 0.4) is 0 Å². The van der Waals surface area contributed by atoms with Gasteiger partial charge in [-0.3, -0.25) is 14.5 Å². The largest absolute Gasteiger partial charge is 0.508 e. The van der Waals surface area contributed by atoms with Gasteiger partial charge in [0.15, 0.2) is 11.5 Å². The number of aryl methyl sites for hydroxylation is 2. The fourth-order valence-corrected chi connectivity index (χ4v) is 8.84. The van der Waals surface area contributed by atoms with Crippen molar-refractivity contribution < 1.29 is 24.2 Å². The van der Waals surface area contributed by atoms with Crippen LogP contribution in [-0.2, 0) is 21.4 Å². The standard InChI is InChI=1S/C37H44N2O5/c1-21(2)19-39(33(42)13-10-25-7-6-22(3)23(4)16-25)29-12-11-28-30-17-27-31(41)18-32(43-24(5)40)35-34(27)37(28,36(29)44-35)14-15-38(30)20-26-8-9-26/h6-7,16,18,21,26,28-30,36,41H,8-9,11-12,14-15,17,19-20H2,1-5H3/t28-,29-,30+,36-,37-/m0/s1. The Morgan fingerprint density at radius 1 is 1.16 bits per heavy atom. The highest BCUT2D eigenvalue weighted by molar-refractivity contribution is 5.94. The maximum Gasteiger partial charge on any atom is 0.308 e. The van der Waals surface area contributed by atoms with Crippen LogP contribution in [0.4, 0.5) is 0 Å². The molecule has 7 nitrogen and oxygen atoms in total. The van der Waals surface area contributed by atoms with E-state index < -0.39 is 5.97 Å². The third kappa shape index (κ3) is 4.77. The van der Waals surface area contributed by atoms with Crippen LogP contribution in [0.1, 0.15) is 80.7 Å². The van der Waals surface area contributed by atoms with E-state index in [0.29, 0.717) is 24.3 Å². The molecule has 1 saturated heterocycles. The number of likely N-dealkylation sites (tertiary alicyclic amines) is 1. The molecule has 0 radical (unpaired) electrons. The number of hydrogen-bond acceptors (Lipinski definition) is 6. The zero-order chi connectivity index (χ0) is 30.9. The molecule has 232 valence electrons. The van der Waals surface area contributed by atoms with Crippen LogP contribution in [0.2, 0.25) is 0 Å². The first kappa shape index (κ1) is 29.2. The molecule has 0 unspecified atom stereocenters. The van der Waals surface area contributed by atoms with Gasteiger partial charge in [0.2, 0.25) is 0 Å². The normalized spacial score (nSPS) is 28.0. The van der Waals surface area contributed by atoms with E-state index in [1.54, 1.807) is 6.07 Å². The van der Waals surface area contributed by atoms with Gasteiger partial charge in [-0.1, -0.05) is 25.8 Å². The highest BCUT2D eigenvalue weighted by Gasteiger charge is 2.67. The quantitative estimate of drug-likeness (QED) is 0.278. The lowest BCUT2D eigenvalue weighted by Crippen LogP contribution is -2.69. The number of piperidine rings is 1. The Morgan fingerprint density at radius 3 is 2.66 bits per heavy atom. The highest BCUT2D eigenvalue weighted by atomic mass is 16.6. The molecular formula is C37H44N2O5. The Labute approximate surface area is 260 Å². The lowest BCUT2D eigenvalue weighted by atomic mass is 9.50. The summed E-state index contributed by atoms with van der Waals surface area (Å²) in [5.74, 6) is 7.91. The van der Waals surface area contributed by atoms with Crippen LogP contribution in [0.25, 0.3) is 0 Å². The fraction of sp³-hybridized carbons (Fsp3) is 0.568. The molecule has 7 heteroatoms. The van der Waals surface area contributed by atoms with Gasteiger partial charge < -0.3 is 19.5 Å². The molecule has 2 heterocycles. The summed E-state index contributed by atoms with van der Waals surface area (Å²) in [5, 5.41) is 11.4. The monoisotopic (exact) mass is 596 g/mol. The predicted octanol–water partition coefficient (Wildman–Crippen LogP) is 5.29. The molecule has 5 aliphatic rings. The van der Waals surface area contributed by atoms with E-state index in [1.807, 2.05) is 23.1 Å². The number of hydrogen-bond donors (Lipinski definition) is 1. The van der Waals surface area contributed by atoms with Crippen molar-refractivity contribution >= 4 is 11.9 Å². The Bertz CT molecular complexity index is 1580. The molecule has 2 aromatic carbocycles. The van der Waals surface area contributed by atoms with Crippen LogP contribution in [0, 0.1) is 43.4 Å². The van der Waals surface area contributed by atoms with E-state index in [2.05, 4.69) is 44.4 Å². The predicted molar refractivity (Wildman–Crippen MR) is 168 cm³/mol. The molecule has 1 amide bonds. The Balaban J connectivity index is 1.30. The molecule has 0 aromatic heterocycles. The average Bonchev–Trinajstić information content (AvgIpc) is 3.72. The molecule has 5 atom stereocenters. The lowest BCUT2D eigenvalue weighted by Gasteiger charge is -2.60. The highest BCUT2D eigenvalue weighted by Crippen LogP contribution is 2.66. The second kappa shape index (κ2) is 10.8. The molecule has 1 N–H and O–H groups in total. The van der Waals surface area contributed by atoms with Gasteiger partial charge in [-0.2, -0.15) is 0 Å². The van der Waals surface area contributed by atoms with E-state index in [1.165, 1.54) is 25.3 Å². The van der Waals surface area contributed by atoms with Gasteiger partial charge in [0.1, 0.15) is 11.9 Å². The van der Waals surface area contributed by atoms with E-state index in [9.17, 15) is 14.7 Å². The second-order valence-electron chi connectivity index (χ2n) is 14.4. The smallest absolute Gasteiger partial charge is 0.308 e. The molecule has 44 heavy (non-hydrogen) atoms. The average molecular weight is 597 g/mol. The molecule has 2 saturated carbocycles. The number of benzene rings is 2. The zero-order valence-corrected chi connectivity index (χ0v) is 26.6. The van der Waals surface area contributed by atoms with Gasteiger partial charge in [0.25, 0.3) is 5.91 Å². The first-order valence-corrected chi connectivity index (χ1v) is 16.4. The van der Waals surface area contributed by atoms with Crippen molar-refractivity contribution in [1.82, 2.24) is 9.80 Å². The van der Waals surface area contributed by atoms with E-state index in [-0.39, 0.29) is 40.9 Å². The van der Waals surface area contributed by atoms with Crippen molar-refractivity contribution in [3.8, 4) is 29.1 Å². The number of amides is 1. The van der Waals surface area contributed by atoms with Gasteiger partial charge >= 0.3 is 5.97 Å². The van der Waals surface area contributed by atoms with Gasteiger partial charge in [-0.15, -0.1) is 0 Å². The molecular weight excluding hydrogens is 552 g/mol. The number of carbonyl (C=O) groups excluding carboxylic acids is 2. The fourth-order valence-electron chi connectivity index (χ4n) is 8.84. The minimum Gasteiger partial charge on any atom is -0.508 e. The number of phenols is 1. The number of carbonyl (C=O) groups is 2. The second-order valence-corrected chi connectivity index (χ2v) is 14.4. The van der Waals surface area contributed by atoms with E-state index >= 15 is 0 Å². The summed E-state index contributed by atoms with van der Waals surface area (Å²) in [5.41, 5.74) is 4.78. The lowest BCUT2D eigenvalue weighted by molar-refractivity contribution is -0.137. The van der Waals surface area contributed by atoms with Crippen LogP contribution in [0.15, 0.2) is 24.3 Å². The number of ether oxygens (including phenoxy) is 2. The summed E-state index contributed by atoms with van der Waals surface area (Å²) >= 11 is 0.